The van der Waals surface area contributed by atoms with Gasteiger partial charge in [-0.1, -0.05) is 52.9 Å². The summed E-state index contributed by atoms with van der Waals surface area (Å²) in [5.74, 6) is 0. The Morgan fingerprint density at radius 1 is 1.35 bits per heavy atom. The molecule has 1 aliphatic rings. The lowest BCUT2D eigenvalue weighted by atomic mass is 9.77. The van der Waals surface area contributed by atoms with Crippen LogP contribution in [-0.2, 0) is 11.2 Å². The summed E-state index contributed by atoms with van der Waals surface area (Å²) in [6, 6.07) is 6.41. The van der Waals surface area contributed by atoms with Gasteiger partial charge >= 0.3 is 0 Å². The van der Waals surface area contributed by atoms with E-state index in [1.165, 1.54) is 24.8 Å². The third-order valence-electron chi connectivity index (χ3n) is 4.53. The van der Waals surface area contributed by atoms with Crippen LogP contribution in [0, 0.1) is 0 Å². The average molecular weight is 361 g/mol. The number of likely N-dealkylation sites (N-methyl/N-ethyl adjacent to an activating group) is 1. The molecular weight excluding hydrogens is 338 g/mol. The Labute approximate surface area is 135 Å². The Morgan fingerprint density at radius 3 is 2.60 bits per heavy atom. The first-order valence-electron chi connectivity index (χ1n) is 7.27. The summed E-state index contributed by atoms with van der Waals surface area (Å²) in [6.07, 6.45) is 6.98. The summed E-state index contributed by atoms with van der Waals surface area (Å²) in [4.78, 5) is 0. The van der Waals surface area contributed by atoms with Crippen molar-refractivity contribution in [2.75, 3.05) is 14.2 Å². The van der Waals surface area contributed by atoms with E-state index in [1.54, 1.807) is 0 Å². The van der Waals surface area contributed by atoms with Crippen LogP contribution in [0.25, 0.3) is 0 Å². The molecule has 1 aromatic rings. The van der Waals surface area contributed by atoms with Crippen LogP contribution in [0.3, 0.4) is 0 Å². The molecule has 1 N–H and O–H groups in total. The van der Waals surface area contributed by atoms with E-state index in [-0.39, 0.29) is 5.60 Å². The van der Waals surface area contributed by atoms with E-state index >= 15 is 0 Å². The molecule has 4 heteroatoms. The molecule has 20 heavy (non-hydrogen) atoms. The van der Waals surface area contributed by atoms with Crippen LogP contribution < -0.4 is 5.32 Å². The van der Waals surface area contributed by atoms with E-state index in [0.29, 0.717) is 6.04 Å². The smallest absolute Gasteiger partial charge is 0.0834 e. The van der Waals surface area contributed by atoms with Crippen LogP contribution >= 0.6 is 27.5 Å². The van der Waals surface area contributed by atoms with Gasteiger partial charge in [-0.25, -0.2) is 0 Å². The minimum Gasteiger partial charge on any atom is -0.377 e. The van der Waals surface area contributed by atoms with Gasteiger partial charge in [0.15, 0.2) is 0 Å². The number of rotatable bonds is 5. The van der Waals surface area contributed by atoms with Crippen LogP contribution in [0.2, 0.25) is 5.02 Å². The second-order valence-electron chi connectivity index (χ2n) is 5.61. The highest BCUT2D eigenvalue weighted by molar-refractivity contribution is 9.10. The molecule has 0 saturated heterocycles. The van der Waals surface area contributed by atoms with Gasteiger partial charge in [-0.15, -0.1) is 0 Å². The van der Waals surface area contributed by atoms with Crippen molar-refractivity contribution >= 4 is 27.5 Å². The van der Waals surface area contributed by atoms with Crippen LogP contribution in [0.15, 0.2) is 22.7 Å². The Morgan fingerprint density at radius 2 is 2.05 bits per heavy atom. The first-order valence-corrected chi connectivity index (χ1v) is 8.45. The second-order valence-corrected chi connectivity index (χ2v) is 6.93. The molecule has 1 unspecified atom stereocenters. The number of ether oxygens (including phenoxy) is 1. The highest BCUT2D eigenvalue weighted by Crippen LogP contribution is 2.36. The Balaban J connectivity index is 2.18. The van der Waals surface area contributed by atoms with E-state index in [4.69, 9.17) is 16.3 Å². The molecule has 0 radical (unpaired) electrons. The third-order valence-corrected chi connectivity index (χ3v) is 5.37. The van der Waals surface area contributed by atoms with Gasteiger partial charge in [-0.05, 0) is 44.0 Å². The summed E-state index contributed by atoms with van der Waals surface area (Å²) >= 11 is 9.82. The molecule has 1 aromatic carbocycles. The molecule has 0 bridgehead atoms. The molecule has 2 rings (SSSR count). The summed E-state index contributed by atoms with van der Waals surface area (Å²) in [6.45, 7) is 0. The number of halogens is 2. The van der Waals surface area contributed by atoms with Gasteiger partial charge in [0.25, 0.3) is 0 Å². The number of nitrogens with one attached hydrogen (secondary N) is 1. The predicted octanol–water partition coefficient (Wildman–Crippen LogP) is 4.58. The molecule has 1 aliphatic carbocycles. The van der Waals surface area contributed by atoms with Crippen LogP contribution in [0.4, 0.5) is 0 Å². The molecule has 1 atom stereocenters. The fourth-order valence-corrected chi connectivity index (χ4v) is 4.05. The third kappa shape index (κ3) is 3.56. The zero-order valence-corrected chi connectivity index (χ0v) is 14.6. The summed E-state index contributed by atoms with van der Waals surface area (Å²) in [5.41, 5.74) is 1.12. The van der Waals surface area contributed by atoms with Crippen molar-refractivity contribution < 1.29 is 4.74 Å². The number of hydrogen-bond donors (Lipinski definition) is 1. The molecule has 2 nitrogen and oxygen atoms in total. The maximum atomic E-state index is 6.36. The molecule has 0 spiro atoms. The first-order chi connectivity index (χ1) is 9.61. The van der Waals surface area contributed by atoms with Gasteiger partial charge < -0.3 is 10.1 Å². The quantitative estimate of drug-likeness (QED) is 0.829. The van der Waals surface area contributed by atoms with E-state index < -0.39 is 0 Å². The van der Waals surface area contributed by atoms with Gasteiger partial charge in [0.05, 0.1) is 5.60 Å². The van der Waals surface area contributed by atoms with Crippen molar-refractivity contribution in [3.05, 3.63) is 33.3 Å². The van der Waals surface area contributed by atoms with Crippen molar-refractivity contribution in [2.45, 2.75) is 50.2 Å². The minimum atomic E-state index is -0.0522. The van der Waals surface area contributed by atoms with E-state index in [2.05, 4.69) is 27.3 Å². The standard InChI is InChI=1S/C16H23BrClNO/c1-19-15(16(20-2)8-4-3-5-9-16)10-12-6-7-13(17)11-14(12)18/h6-7,11,15,19H,3-5,8-10H2,1-2H3. The molecular formula is C16H23BrClNO. The van der Waals surface area contributed by atoms with Crippen LogP contribution in [0.5, 0.6) is 0 Å². The number of methoxy groups -OCH3 is 1. The number of hydrogen-bond acceptors (Lipinski definition) is 2. The summed E-state index contributed by atoms with van der Waals surface area (Å²) in [7, 11) is 3.87. The topological polar surface area (TPSA) is 21.3 Å². The molecule has 0 aliphatic heterocycles. The molecule has 1 saturated carbocycles. The summed E-state index contributed by atoms with van der Waals surface area (Å²) < 4.78 is 6.97. The monoisotopic (exact) mass is 359 g/mol. The van der Waals surface area contributed by atoms with Gasteiger partial charge in [0.1, 0.15) is 0 Å². The molecule has 0 aromatic heterocycles. The van der Waals surface area contributed by atoms with Gasteiger partial charge in [-0.3, -0.25) is 0 Å². The molecule has 112 valence electrons. The normalized spacial score (nSPS) is 19.8. The highest BCUT2D eigenvalue weighted by atomic mass is 79.9. The maximum absolute atomic E-state index is 6.36. The van der Waals surface area contributed by atoms with Gasteiger partial charge in [0, 0.05) is 22.6 Å². The van der Waals surface area contributed by atoms with Crippen molar-refractivity contribution in [2.24, 2.45) is 0 Å². The zero-order chi connectivity index (χ0) is 14.6. The van der Waals surface area contributed by atoms with E-state index in [0.717, 1.165) is 28.8 Å². The highest BCUT2D eigenvalue weighted by Gasteiger charge is 2.39. The van der Waals surface area contributed by atoms with Crippen molar-refractivity contribution in [1.82, 2.24) is 5.32 Å². The lowest BCUT2D eigenvalue weighted by Crippen LogP contribution is -2.53. The average Bonchev–Trinajstić information content (AvgIpc) is 2.47. The van der Waals surface area contributed by atoms with Gasteiger partial charge in [0.2, 0.25) is 0 Å². The SMILES string of the molecule is CNC(Cc1ccc(Br)cc1Cl)C1(OC)CCCCC1. The lowest BCUT2D eigenvalue weighted by Gasteiger charge is -2.42. The summed E-state index contributed by atoms with van der Waals surface area (Å²) in [5, 5.41) is 4.28. The minimum absolute atomic E-state index is 0.0522. The number of benzene rings is 1. The van der Waals surface area contributed by atoms with Crippen molar-refractivity contribution in [3.63, 3.8) is 0 Å². The fraction of sp³-hybridized carbons (Fsp3) is 0.625. The maximum Gasteiger partial charge on any atom is 0.0834 e. The van der Waals surface area contributed by atoms with Crippen molar-refractivity contribution in [3.8, 4) is 0 Å². The van der Waals surface area contributed by atoms with Crippen LogP contribution in [0.1, 0.15) is 37.7 Å². The Bertz CT molecular complexity index is 446. The predicted molar refractivity (Wildman–Crippen MR) is 88.5 cm³/mol. The van der Waals surface area contributed by atoms with Gasteiger partial charge in [-0.2, -0.15) is 0 Å². The second kappa shape index (κ2) is 7.26. The molecule has 0 amide bonds. The Hall–Kier alpha value is -0.0900. The fourth-order valence-electron chi connectivity index (χ4n) is 3.30. The van der Waals surface area contributed by atoms with Crippen LogP contribution in [-0.4, -0.2) is 25.8 Å². The van der Waals surface area contributed by atoms with E-state index in [1.807, 2.05) is 26.3 Å². The lowest BCUT2D eigenvalue weighted by molar-refractivity contribution is -0.0656. The van der Waals surface area contributed by atoms with Crippen molar-refractivity contribution in [1.29, 1.82) is 0 Å². The zero-order valence-electron chi connectivity index (χ0n) is 12.2. The first kappa shape index (κ1) is 16.3. The van der Waals surface area contributed by atoms with E-state index in [9.17, 15) is 0 Å². The molecule has 0 heterocycles. The molecule has 1 fully saturated rings. The Kier molecular flexibility index (Phi) is 5.91. The largest absolute Gasteiger partial charge is 0.377 e.